The van der Waals surface area contributed by atoms with E-state index in [4.69, 9.17) is 11.6 Å². The number of fused-ring (bicyclic) bond motifs is 1. The highest BCUT2D eigenvalue weighted by Gasteiger charge is 2.06. The quantitative estimate of drug-likeness (QED) is 0.649. The zero-order valence-electron chi connectivity index (χ0n) is 10.8. The van der Waals surface area contributed by atoms with Gasteiger partial charge in [-0.3, -0.25) is 0 Å². The number of hydrogen-bond acceptors (Lipinski definition) is 3. The van der Waals surface area contributed by atoms with Crippen molar-refractivity contribution in [3.8, 4) is 0 Å². The number of unbranched alkanes of at least 4 members (excludes halogenated alkanes) is 2. The lowest BCUT2D eigenvalue weighted by molar-refractivity contribution is 0.742. The Bertz CT molecular complexity index is 540. The van der Waals surface area contributed by atoms with Crippen LogP contribution in [-0.2, 0) is 0 Å². The average Bonchev–Trinajstić information content (AvgIpc) is 2.35. The number of nitrogens with one attached hydrogen (secondary N) is 1. The second-order valence-electron chi connectivity index (χ2n) is 4.50. The van der Waals surface area contributed by atoms with Crippen LogP contribution in [0.4, 0.5) is 5.82 Å². The van der Waals surface area contributed by atoms with E-state index in [0.29, 0.717) is 5.28 Å². The van der Waals surface area contributed by atoms with Gasteiger partial charge in [0.2, 0.25) is 5.28 Å². The van der Waals surface area contributed by atoms with Gasteiger partial charge in [-0.15, -0.1) is 0 Å². The van der Waals surface area contributed by atoms with Crippen LogP contribution >= 0.6 is 11.6 Å². The SMILES string of the molecule is CCCCCNc1nc(Cl)nc2ccc(C)cc12. The predicted octanol–water partition coefficient (Wildman–Crippen LogP) is 4.19. The van der Waals surface area contributed by atoms with Crippen LogP contribution in [0.15, 0.2) is 18.2 Å². The summed E-state index contributed by atoms with van der Waals surface area (Å²) in [4.78, 5) is 8.52. The summed E-state index contributed by atoms with van der Waals surface area (Å²) in [5.74, 6) is 0.838. The summed E-state index contributed by atoms with van der Waals surface area (Å²) in [5, 5.41) is 4.69. The molecule has 4 heteroatoms. The van der Waals surface area contributed by atoms with E-state index in [2.05, 4.69) is 35.2 Å². The Morgan fingerprint density at radius 3 is 2.83 bits per heavy atom. The molecule has 2 rings (SSSR count). The van der Waals surface area contributed by atoms with E-state index in [0.717, 1.165) is 29.7 Å². The molecule has 96 valence electrons. The highest BCUT2D eigenvalue weighted by atomic mass is 35.5. The third kappa shape index (κ3) is 3.10. The first-order valence-electron chi connectivity index (χ1n) is 6.38. The molecule has 0 spiro atoms. The van der Waals surface area contributed by atoms with Gasteiger partial charge in [-0.05, 0) is 37.1 Å². The smallest absolute Gasteiger partial charge is 0.224 e. The van der Waals surface area contributed by atoms with Crippen molar-refractivity contribution in [2.45, 2.75) is 33.1 Å². The zero-order chi connectivity index (χ0) is 13.0. The number of nitrogens with zero attached hydrogens (tertiary/aromatic N) is 2. The van der Waals surface area contributed by atoms with Crippen LogP contribution in [0, 0.1) is 6.92 Å². The van der Waals surface area contributed by atoms with Gasteiger partial charge in [-0.1, -0.05) is 31.4 Å². The molecule has 0 radical (unpaired) electrons. The maximum absolute atomic E-state index is 5.94. The van der Waals surface area contributed by atoms with Gasteiger partial charge in [0, 0.05) is 11.9 Å². The third-order valence-corrected chi connectivity index (χ3v) is 3.07. The van der Waals surface area contributed by atoms with Gasteiger partial charge in [0.1, 0.15) is 5.82 Å². The molecule has 1 heterocycles. The van der Waals surface area contributed by atoms with E-state index in [1.54, 1.807) is 0 Å². The molecule has 0 saturated carbocycles. The molecular weight excluding hydrogens is 246 g/mol. The molecule has 0 aliphatic rings. The molecule has 1 aromatic carbocycles. The van der Waals surface area contributed by atoms with Crippen molar-refractivity contribution < 1.29 is 0 Å². The Labute approximate surface area is 113 Å². The molecule has 0 bridgehead atoms. The summed E-state index contributed by atoms with van der Waals surface area (Å²) >= 11 is 5.94. The Balaban J connectivity index is 2.27. The van der Waals surface area contributed by atoms with Gasteiger partial charge in [0.15, 0.2) is 0 Å². The Hall–Kier alpha value is -1.35. The molecule has 3 nitrogen and oxygen atoms in total. The Morgan fingerprint density at radius 2 is 2.06 bits per heavy atom. The molecule has 1 aromatic heterocycles. The summed E-state index contributed by atoms with van der Waals surface area (Å²) in [6.45, 7) is 5.18. The van der Waals surface area contributed by atoms with Gasteiger partial charge in [-0.2, -0.15) is 0 Å². The number of anilines is 1. The summed E-state index contributed by atoms with van der Waals surface area (Å²) in [7, 11) is 0. The van der Waals surface area contributed by atoms with Crippen molar-refractivity contribution in [1.29, 1.82) is 0 Å². The maximum Gasteiger partial charge on any atom is 0.224 e. The largest absolute Gasteiger partial charge is 0.369 e. The van der Waals surface area contributed by atoms with Crippen molar-refractivity contribution in [2.24, 2.45) is 0 Å². The number of benzene rings is 1. The van der Waals surface area contributed by atoms with Gasteiger partial charge in [0.05, 0.1) is 5.52 Å². The zero-order valence-corrected chi connectivity index (χ0v) is 11.6. The van der Waals surface area contributed by atoms with Crippen LogP contribution in [0.5, 0.6) is 0 Å². The lowest BCUT2D eigenvalue weighted by atomic mass is 10.1. The number of aromatic nitrogens is 2. The van der Waals surface area contributed by atoms with Gasteiger partial charge in [-0.25, -0.2) is 9.97 Å². The average molecular weight is 264 g/mol. The minimum absolute atomic E-state index is 0.296. The Morgan fingerprint density at radius 1 is 1.22 bits per heavy atom. The first-order valence-corrected chi connectivity index (χ1v) is 6.76. The predicted molar refractivity (Wildman–Crippen MR) is 77.3 cm³/mol. The molecule has 0 unspecified atom stereocenters. The minimum atomic E-state index is 0.296. The summed E-state index contributed by atoms with van der Waals surface area (Å²) in [6, 6.07) is 6.11. The van der Waals surface area contributed by atoms with Crippen LogP contribution in [-0.4, -0.2) is 16.5 Å². The monoisotopic (exact) mass is 263 g/mol. The molecule has 0 aliphatic carbocycles. The number of rotatable bonds is 5. The fourth-order valence-corrected chi connectivity index (χ4v) is 2.11. The van der Waals surface area contributed by atoms with E-state index in [1.165, 1.54) is 18.4 Å². The second kappa shape index (κ2) is 6.01. The van der Waals surface area contributed by atoms with Crippen molar-refractivity contribution in [1.82, 2.24) is 9.97 Å². The van der Waals surface area contributed by atoms with Crippen LogP contribution in [0.3, 0.4) is 0 Å². The van der Waals surface area contributed by atoms with Gasteiger partial charge in [0.25, 0.3) is 0 Å². The lowest BCUT2D eigenvalue weighted by Crippen LogP contribution is -2.05. The van der Waals surface area contributed by atoms with Gasteiger partial charge < -0.3 is 5.32 Å². The molecule has 1 N–H and O–H groups in total. The van der Waals surface area contributed by atoms with Crippen molar-refractivity contribution in [3.05, 3.63) is 29.0 Å². The van der Waals surface area contributed by atoms with E-state index in [1.807, 2.05) is 12.1 Å². The summed E-state index contributed by atoms with van der Waals surface area (Å²) in [6.07, 6.45) is 3.58. The van der Waals surface area contributed by atoms with Gasteiger partial charge >= 0.3 is 0 Å². The molecule has 0 saturated heterocycles. The third-order valence-electron chi connectivity index (χ3n) is 2.90. The number of aryl methyl sites for hydroxylation is 1. The van der Waals surface area contributed by atoms with E-state index < -0.39 is 0 Å². The van der Waals surface area contributed by atoms with Crippen LogP contribution in [0.1, 0.15) is 31.7 Å². The molecule has 0 aliphatic heterocycles. The highest BCUT2D eigenvalue weighted by molar-refractivity contribution is 6.28. The topological polar surface area (TPSA) is 37.8 Å². The maximum atomic E-state index is 5.94. The highest BCUT2D eigenvalue weighted by Crippen LogP contribution is 2.23. The summed E-state index contributed by atoms with van der Waals surface area (Å²) < 4.78 is 0. The van der Waals surface area contributed by atoms with Crippen LogP contribution in [0.25, 0.3) is 10.9 Å². The first-order chi connectivity index (χ1) is 8.70. The van der Waals surface area contributed by atoms with Crippen molar-refractivity contribution in [2.75, 3.05) is 11.9 Å². The fourth-order valence-electron chi connectivity index (χ4n) is 1.93. The standard InChI is InChI=1S/C14H18ClN3/c1-3-4-5-8-16-13-11-9-10(2)6-7-12(11)17-14(15)18-13/h6-7,9H,3-5,8H2,1-2H3,(H,16,17,18). The second-order valence-corrected chi connectivity index (χ2v) is 4.83. The Kier molecular flexibility index (Phi) is 4.37. The van der Waals surface area contributed by atoms with Crippen molar-refractivity contribution in [3.63, 3.8) is 0 Å². The summed E-state index contributed by atoms with van der Waals surface area (Å²) in [5.41, 5.74) is 2.09. The lowest BCUT2D eigenvalue weighted by Gasteiger charge is -2.09. The number of hydrogen-bond donors (Lipinski definition) is 1. The van der Waals surface area contributed by atoms with E-state index >= 15 is 0 Å². The number of halogens is 1. The molecule has 2 aromatic rings. The van der Waals surface area contributed by atoms with E-state index in [-0.39, 0.29) is 0 Å². The van der Waals surface area contributed by atoms with Crippen LogP contribution < -0.4 is 5.32 Å². The molecule has 0 fully saturated rings. The minimum Gasteiger partial charge on any atom is -0.369 e. The van der Waals surface area contributed by atoms with E-state index in [9.17, 15) is 0 Å². The van der Waals surface area contributed by atoms with Crippen molar-refractivity contribution >= 4 is 28.3 Å². The van der Waals surface area contributed by atoms with Crippen LogP contribution in [0.2, 0.25) is 5.28 Å². The molecular formula is C14H18ClN3. The fraction of sp³-hybridized carbons (Fsp3) is 0.429. The normalized spacial score (nSPS) is 10.8. The first kappa shape index (κ1) is 13.1. The molecule has 0 atom stereocenters. The molecule has 18 heavy (non-hydrogen) atoms. The molecule has 0 amide bonds.